The van der Waals surface area contributed by atoms with Crippen LogP contribution in [0.25, 0.3) is 0 Å². The summed E-state index contributed by atoms with van der Waals surface area (Å²) in [5.41, 5.74) is 1.26. The summed E-state index contributed by atoms with van der Waals surface area (Å²) in [6.45, 7) is 5.15. The molecule has 1 fully saturated rings. The second-order valence-corrected chi connectivity index (χ2v) is 5.73. The molecule has 2 aromatic heterocycles. The lowest BCUT2D eigenvalue weighted by Crippen LogP contribution is -2.43. The predicted octanol–water partition coefficient (Wildman–Crippen LogP) is 1.46. The SMILES string of the molecule is CCc1nc([C@H]2CN(C(=O)Cc3c(C)noc3Cl)CCO2)n[nH]1. The van der Waals surface area contributed by atoms with E-state index in [9.17, 15) is 4.79 Å². The van der Waals surface area contributed by atoms with Gasteiger partial charge in [-0.25, -0.2) is 4.98 Å². The predicted molar refractivity (Wildman–Crippen MR) is 81.0 cm³/mol. The van der Waals surface area contributed by atoms with E-state index in [-0.39, 0.29) is 23.7 Å². The molecule has 2 aromatic rings. The van der Waals surface area contributed by atoms with Crippen LogP contribution >= 0.6 is 11.6 Å². The number of carbonyl (C=O) groups is 1. The van der Waals surface area contributed by atoms with Crippen molar-refractivity contribution in [2.24, 2.45) is 0 Å². The third kappa shape index (κ3) is 3.37. The number of carbonyl (C=O) groups excluding carboxylic acids is 1. The van der Waals surface area contributed by atoms with E-state index in [0.29, 0.717) is 36.8 Å². The van der Waals surface area contributed by atoms with Gasteiger partial charge in [-0.15, -0.1) is 0 Å². The first-order chi connectivity index (χ1) is 11.1. The molecule has 1 amide bonds. The van der Waals surface area contributed by atoms with Gasteiger partial charge in [-0.1, -0.05) is 12.1 Å². The Kier molecular flexibility index (Phi) is 4.63. The van der Waals surface area contributed by atoms with Crippen molar-refractivity contribution in [2.75, 3.05) is 19.7 Å². The standard InChI is InChI=1S/C14H18ClN5O3/c1-3-11-16-14(18-17-11)10-7-20(4-5-22-10)12(21)6-9-8(2)19-23-13(9)15/h10H,3-7H2,1-2H3,(H,16,17,18)/t10-/m1/s1. The summed E-state index contributed by atoms with van der Waals surface area (Å²) in [6.07, 6.45) is 0.617. The van der Waals surface area contributed by atoms with Crippen molar-refractivity contribution in [3.63, 3.8) is 0 Å². The number of H-pyrrole nitrogens is 1. The fourth-order valence-corrected chi connectivity index (χ4v) is 2.70. The van der Waals surface area contributed by atoms with Gasteiger partial charge in [0.1, 0.15) is 11.9 Å². The largest absolute Gasteiger partial charge is 0.366 e. The summed E-state index contributed by atoms with van der Waals surface area (Å²) < 4.78 is 10.6. The molecule has 1 aliphatic rings. The van der Waals surface area contributed by atoms with Crippen LogP contribution in [0, 0.1) is 6.92 Å². The number of hydrogen-bond acceptors (Lipinski definition) is 6. The molecular weight excluding hydrogens is 322 g/mol. The molecule has 23 heavy (non-hydrogen) atoms. The Morgan fingerprint density at radius 2 is 2.35 bits per heavy atom. The van der Waals surface area contributed by atoms with Crippen LogP contribution in [0.2, 0.25) is 5.22 Å². The second-order valence-electron chi connectivity index (χ2n) is 5.39. The summed E-state index contributed by atoms with van der Waals surface area (Å²) in [4.78, 5) is 18.6. The van der Waals surface area contributed by atoms with Crippen molar-refractivity contribution >= 4 is 17.5 Å². The number of amides is 1. The maximum Gasteiger partial charge on any atom is 0.229 e. The van der Waals surface area contributed by atoms with Crippen LogP contribution in [0.5, 0.6) is 0 Å². The zero-order chi connectivity index (χ0) is 16.4. The van der Waals surface area contributed by atoms with Crippen LogP contribution in [0.4, 0.5) is 0 Å². The van der Waals surface area contributed by atoms with Crippen LogP contribution in [-0.2, 0) is 22.4 Å². The van der Waals surface area contributed by atoms with Crippen molar-refractivity contribution in [3.8, 4) is 0 Å². The lowest BCUT2D eigenvalue weighted by atomic mass is 10.1. The maximum atomic E-state index is 12.5. The number of aryl methyl sites for hydroxylation is 2. The fourth-order valence-electron chi connectivity index (χ4n) is 2.47. The Hall–Kier alpha value is -1.93. The highest BCUT2D eigenvalue weighted by Gasteiger charge is 2.29. The lowest BCUT2D eigenvalue weighted by Gasteiger charge is -2.31. The minimum atomic E-state index is -0.316. The summed E-state index contributed by atoms with van der Waals surface area (Å²) in [5, 5.41) is 11.0. The van der Waals surface area contributed by atoms with Gasteiger partial charge < -0.3 is 14.2 Å². The quantitative estimate of drug-likeness (QED) is 0.905. The first-order valence-corrected chi connectivity index (χ1v) is 7.87. The topological polar surface area (TPSA) is 97.1 Å². The van der Waals surface area contributed by atoms with Crippen molar-refractivity contribution in [1.82, 2.24) is 25.2 Å². The Bertz CT molecular complexity index is 679. The highest BCUT2D eigenvalue weighted by Crippen LogP contribution is 2.23. The van der Waals surface area contributed by atoms with Gasteiger partial charge in [-0.05, 0) is 18.5 Å². The highest BCUT2D eigenvalue weighted by atomic mass is 35.5. The molecule has 0 radical (unpaired) electrons. The van der Waals surface area contributed by atoms with E-state index in [0.717, 1.165) is 12.2 Å². The number of halogens is 1. The van der Waals surface area contributed by atoms with Gasteiger partial charge in [-0.3, -0.25) is 9.89 Å². The maximum absolute atomic E-state index is 12.5. The van der Waals surface area contributed by atoms with Crippen molar-refractivity contribution < 1.29 is 14.1 Å². The monoisotopic (exact) mass is 339 g/mol. The molecule has 1 N–H and O–H groups in total. The second kappa shape index (κ2) is 6.67. The molecule has 124 valence electrons. The van der Waals surface area contributed by atoms with Crippen LogP contribution < -0.4 is 0 Å². The number of nitrogens with zero attached hydrogens (tertiary/aromatic N) is 4. The summed E-state index contributed by atoms with van der Waals surface area (Å²) in [6, 6.07) is 0. The minimum absolute atomic E-state index is 0.0437. The molecule has 0 saturated carbocycles. The summed E-state index contributed by atoms with van der Waals surface area (Å²) >= 11 is 5.92. The van der Waals surface area contributed by atoms with Crippen molar-refractivity contribution in [2.45, 2.75) is 32.8 Å². The van der Waals surface area contributed by atoms with E-state index in [4.69, 9.17) is 20.9 Å². The van der Waals surface area contributed by atoms with Crippen LogP contribution in [0.15, 0.2) is 4.52 Å². The van der Waals surface area contributed by atoms with Crippen molar-refractivity contribution in [3.05, 3.63) is 28.1 Å². The van der Waals surface area contributed by atoms with Gasteiger partial charge in [0, 0.05) is 18.5 Å². The smallest absolute Gasteiger partial charge is 0.229 e. The molecule has 1 saturated heterocycles. The number of aromatic nitrogens is 4. The molecule has 0 spiro atoms. The zero-order valence-corrected chi connectivity index (χ0v) is 13.8. The van der Waals surface area contributed by atoms with Gasteiger partial charge >= 0.3 is 0 Å². The fraction of sp³-hybridized carbons (Fsp3) is 0.571. The molecule has 0 unspecified atom stereocenters. The molecule has 3 rings (SSSR count). The molecule has 0 bridgehead atoms. The van der Waals surface area contributed by atoms with Crippen LogP contribution in [-0.4, -0.2) is 50.8 Å². The minimum Gasteiger partial charge on any atom is -0.366 e. The van der Waals surface area contributed by atoms with Gasteiger partial charge in [0.25, 0.3) is 0 Å². The normalized spacial score (nSPS) is 18.4. The third-order valence-corrected chi connectivity index (χ3v) is 4.15. The number of nitrogens with one attached hydrogen (secondary N) is 1. The van der Waals surface area contributed by atoms with Gasteiger partial charge in [-0.2, -0.15) is 5.10 Å². The van der Waals surface area contributed by atoms with Gasteiger partial charge in [0.15, 0.2) is 5.82 Å². The average Bonchev–Trinajstić information content (AvgIpc) is 3.17. The van der Waals surface area contributed by atoms with E-state index in [2.05, 4.69) is 20.3 Å². The Labute approximate surface area is 138 Å². The number of hydrogen-bond donors (Lipinski definition) is 1. The molecule has 0 aromatic carbocycles. The Balaban J connectivity index is 1.67. The molecule has 1 aliphatic heterocycles. The van der Waals surface area contributed by atoms with Crippen LogP contribution in [0.3, 0.4) is 0 Å². The van der Waals surface area contributed by atoms with E-state index in [1.54, 1.807) is 11.8 Å². The Morgan fingerprint density at radius 1 is 1.52 bits per heavy atom. The zero-order valence-electron chi connectivity index (χ0n) is 13.0. The number of morpholine rings is 1. The van der Waals surface area contributed by atoms with Crippen LogP contribution in [0.1, 0.15) is 35.9 Å². The van der Waals surface area contributed by atoms with Gasteiger partial charge in [0.05, 0.1) is 25.3 Å². The molecule has 0 aliphatic carbocycles. The number of ether oxygens (including phenoxy) is 1. The lowest BCUT2D eigenvalue weighted by molar-refractivity contribution is -0.138. The molecule has 1 atom stereocenters. The first-order valence-electron chi connectivity index (χ1n) is 7.49. The molecule has 8 nitrogen and oxygen atoms in total. The van der Waals surface area contributed by atoms with E-state index < -0.39 is 0 Å². The van der Waals surface area contributed by atoms with Gasteiger partial charge in [0.2, 0.25) is 11.1 Å². The first kappa shape index (κ1) is 15.9. The number of rotatable bonds is 4. The molecule has 3 heterocycles. The number of aromatic amines is 1. The summed E-state index contributed by atoms with van der Waals surface area (Å²) in [5.74, 6) is 1.34. The summed E-state index contributed by atoms with van der Waals surface area (Å²) in [7, 11) is 0. The van der Waals surface area contributed by atoms with E-state index >= 15 is 0 Å². The molecule has 9 heteroatoms. The van der Waals surface area contributed by atoms with Crippen molar-refractivity contribution in [1.29, 1.82) is 0 Å². The average molecular weight is 340 g/mol. The van der Waals surface area contributed by atoms with E-state index in [1.807, 2.05) is 6.92 Å². The Morgan fingerprint density at radius 3 is 3.00 bits per heavy atom. The highest BCUT2D eigenvalue weighted by molar-refractivity contribution is 6.29. The third-order valence-electron chi connectivity index (χ3n) is 3.86. The molecular formula is C14H18ClN5O3. The van der Waals surface area contributed by atoms with E-state index in [1.165, 1.54) is 0 Å².